The van der Waals surface area contributed by atoms with Crippen LogP contribution < -0.4 is 10.6 Å². The van der Waals surface area contributed by atoms with Crippen LogP contribution in [0.1, 0.15) is 18.5 Å². The van der Waals surface area contributed by atoms with Crippen molar-refractivity contribution in [2.24, 2.45) is 0 Å². The minimum absolute atomic E-state index is 0.00561. The van der Waals surface area contributed by atoms with Crippen LogP contribution in [-0.4, -0.2) is 24.5 Å². The summed E-state index contributed by atoms with van der Waals surface area (Å²) in [6.45, 7) is 1.95. The maximum absolute atomic E-state index is 12.2. The third-order valence-electron chi connectivity index (χ3n) is 2.99. The smallest absolute Gasteiger partial charge is 0.338 e. The summed E-state index contributed by atoms with van der Waals surface area (Å²) in [5.41, 5.74) is 1.37. The molecule has 5 nitrogen and oxygen atoms in total. The Labute approximate surface area is 132 Å². The fourth-order valence-electron chi connectivity index (χ4n) is 2.08. The van der Waals surface area contributed by atoms with Crippen LogP contribution in [0.3, 0.4) is 0 Å². The number of benzene rings is 1. The van der Waals surface area contributed by atoms with Crippen LogP contribution in [-0.2, 0) is 9.53 Å². The molecule has 2 amide bonds. The first-order chi connectivity index (χ1) is 10.1. The number of allylic oxidation sites excluding steroid dienone is 1. The van der Waals surface area contributed by atoms with E-state index in [0.717, 1.165) is 5.56 Å². The van der Waals surface area contributed by atoms with Crippen molar-refractivity contribution in [1.29, 1.82) is 0 Å². The molecule has 1 aliphatic rings. The quantitative estimate of drug-likeness (QED) is 0.659. The number of carbonyl (C=O) groups excluding carboxylic acids is 2. The Morgan fingerprint density at radius 3 is 2.57 bits per heavy atom. The van der Waals surface area contributed by atoms with Crippen LogP contribution in [0.2, 0.25) is 5.02 Å². The molecule has 0 aromatic heterocycles. The lowest BCUT2D eigenvalue weighted by Gasteiger charge is -2.28. The average molecular weight is 329 g/mol. The summed E-state index contributed by atoms with van der Waals surface area (Å²) in [6.07, 6.45) is 0. The number of amides is 2. The summed E-state index contributed by atoms with van der Waals surface area (Å²) in [6, 6.07) is 5.82. The minimum atomic E-state index is -0.621. The maximum Gasteiger partial charge on any atom is 0.338 e. The van der Waals surface area contributed by atoms with Crippen LogP contribution in [0.15, 0.2) is 35.5 Å². The third kappa shape index (κ3) is 3.49. The Morgan fingerprint density at radius 1 is 1.33 bits per heavy atom. The number of hydrogen-bond acceptors (Lipinski definition) is 3. The molecule has 1 aromatic rings. The van der Waals surface area contributed by atoms with E-state index >= 15 is 0 Å². The molecule has 2 N–H and O–H groups in total. The van der Waals surface area contributed by atoms with Crippen LogP contribution >= 0.6 is 23.2 Å². The van der Waals surface area contributed by atoms with E-state index in [1.807, 2.05) is 0 Å². The summed E-state index contributed by atoms with van der Waals surface area (Å²) in [5, 5.41) is 5.80. The first-order valence-electron chi connectivity index (χ1n) is 6.36. The number of esters is 1. The summed E-state index contributed by atoms with van der Waals surface area (Å²) in [7, 11) is 0. The summed E-state index contributed by atoms with van der Waals surface area (Å²) >= 11 is 11.7. The Balaban J connectivity index is 2.46. The first kappa shape index (κ1) is 15.7. The fourth-order valence-corrected chi connectivity index (χ4v) is 2.42. The van der Waals surface area contributed by atoms with Crippen LogP contribution in [0.25, 0.3) is 0 Å². The number of urea groups is 1. The molecule has 1 atom stereocenters. The highest BCUT2D eigenvalue weighted by atomic mass is 35.5. The molecule has 1 aliphatic heterocycles. The SMILES string of the molecule is CCOC(=O)C1=C(CCl)NC(=O)N[C@@H]1c1ccc(Cl)cc1. The van der Waals surface area contributed by atoms with Gasteiger partial charge in [-0.25, -0.2) is 9.59 Å². The molecular weight excluding hydrogens is 315 g/mol. The zero-order valence-corrected chi connectivity index (χ0v) is 12.8. The van der Waals surface area contributed by atoms with Gasteiger partial charge in [-0.2, -0.15) is 0 Å². The molecule has 0 radical (unpaired) electrons. The standard InChI is InChI=1S/C14H14Cl2N2O3/c1-2-21-13(19)11-10(7-15)17-14(20)18-12(11)8-3-5-9(16)6-4-8/h3-6,12H,2,7H2,1H3,(H2,17,18,20)/t12-/m1/s1. The van der Waals surface area contributed by atoms with Gasteiger partial charge in [0.2, 0.25) is 0 Å². The van der Waals surface area contributed by atoms with Crippen molar-refractivity contribution in [3.05, 3.63) is 46.1 Å². The fraction of sp³-hybridized carbons (Fsp3) is 0.286. The molecule has 0 aliphatic carbocycles. The highest BCUT2D eigenvalue weighted by Gasteiger charge is 2.33. The number of hydrogen-bond donors (Lipinski definition) is 2. The molecular formula is C14H14Cl2N2O3. The Hall–Kier alpha value is -1.72. The number of ether oxygens (including phenoxy) is 1. The van der Waals surface area contributed by atoms with Crippen molar-refractivity contribution in [2.75, 3.05) is 12.5 Å². The molecule has 2 rings (SSSR count). The van der Waals surface area contributed by atoms with Gasteiger partial charge in [0.05, 0.1) is 24.1 Å². The predicted molar refractivity (Wildman–Crippen MR) is 80.2 cm³/mol. The van der Waals surface area contributed by atoms with Crippen molar-refractivity contribution < 1.29 is 14.3 Å². The Bertz CT molecular complexity index is 584. The highest BCUT2D eigenvalue weighted by molar-refractivity contribution is 6.30. The van der Waals surface area contributed by atoms with Gasteiger partial charge in [0.25, 0.3) is 0 Å². The van der Waals surface area contributed by atoms with Gasteiger partial charge in [0, 0.05) is 10.7 Å². The Kier molecular flexibility index (Phi) is 5.09. The Morgan fingerprint density at radius 2 is 2.00 bits per heavy atom. The van der Waals surface area contributed by atoms with Crippen LogP contribution in [0.4, 0.5) is 4.79 Å². The normalized spacial score (nSPS) is 18.0. The number of halogens is 2. The number of nitrogens with one attached hydrogen (secondary N) is 2. The lowest BCUT2D eigenvalue weighted by atomic mass is 9.95. The van der Waals surface area contributed by atoms with E-state index in [0.29, 0.717) is 16.3 Å². The molecule has 1 heterocycles. The number of carbonyl (C=O) groups is 2. The molecule has 1 aromatic carbocycles. The van der Waals surface area contributed by atoms with Crippen molar-refractivity contribution in [3.63, 3.8) is 0 Å². The zero-order valence-electron chi connectivity index (χ0n) is 11.3. The van der Waals surface area contributed by atoms with E-state index in [4.69, 9.17) is 27.9 Å². The third-order valence-corrected chi connectivity index (χ3v) is 3.51. The van der Waals surface area contributed by atoms with Crippen molar-refractivity contribution in [2.45, 2.75) is 13.0 Å². The van der Waals surface area contributed by atoms with E-state index in [-0.39, 0.29) is 12.5 Å². The monoisotopic (exact) mass is 328 g/mol. The topological polar surface area (TPSA) is 67.4 Å². The van der Waals surface area contributed by atoms with E-state index in [1.165, 1.54) is 0 Å². The van der Waals surface area contributed by atoms with Crippen molar-refractivity contribution in [3.8, 4) is 0 Å². The van der Waals surface area contributed by atoms with Gasteiger partial charge < -0.3 is 15.4 Å². The van der Waals surface area contributed by atoms with Gasteiger partial charge in [-0.1, -0.05) is 23.7 Å². The molecule has 0 bridgehead atoms. The summed E-state index contributed by atoms with van der Waals surface area (Å²) < 4.78 is 5.05. The second kappa shape index (κ2) is 6.83. The summed E-state index contributed by atoms with van der Waals surface area (Å²) in [5.74, 6) is -0.508. The molecule has 112 valence electrons. The van der Waals surface area contributed by atoms with Crippen molar-refractivity contribution in [1.82, 2.24) is 10.6 Å². The molecule has 21 heavy (non-hydrogen) atoms. The molecule has 0 saturated heterocycles. The van der Waals surface area contributed by atoms with E-state index in [2.05, 4.69) is 10.6 Å². The molecule has 0 fully saturated rings. The van der Waals surface area contributed by atoms with E-state index in [1.54, 1.807) is 31.2 Å². The van der Waals surface area contributed by atoms with Gasteiger partial charge in [0.15, 0.2) is 0 Å². The number of alkyl halides is 1. The highest BCUT2D eigenvalue weighted by Crippen LogP contribution is 2.28. The zero-order chi connectivity index (χ0) is 15.4. The minimum Gasteiger partial charge on any atom is -0.463 e. The lowest BCUT2D eigenvalue weighted by molar-refractivity contribution is -0.139. The largest absolute Gasteiger partial charge is 0.463 e. The lowest BCUT2D eigenvalue weighted by Crippen LogP contribution is -2.46. The molecule has 7 heteroatoms. The predicted octanol–water partition coefficient (Wildman–Crippen LogP) is 2.75. The first-order valence-corrected chi connectivity index (χ1v) is 7.27. The van der Waals surface area contributed by atoms with Gasteiger partial charge in [-0.05, 0) is 24.6 Å². The average Bonchev–Trinajstić information content (AvgIpc) is 2.47. The van der Waals surface area contributed by atoms with Gasteiger partial charge in [-0.3, -0.25) is 0 Å². The second-order valence-electron chi connectivity index (χ2n) is 4.33. The van der Waals surface area contributed by atoms with E-state index in [9.17, 15) is 9.59 Å². The van der Waals surface area contributed by atoms with Crippen LogP contribution in [0.5, 0.6) is 0 Å². The van der Waals surface area contributed by atoms with E-state index < -0.39 is 18.0 Å². The number of rotatable bonds is 4. The second-order valence-corrected chi connectivity index (χ2v) is 5.03. The van der Waals surface area contributed by atoms with Gasteiger partial charge in [-0.15, -0.1) is 11.6 Å². The molecule has 0 saturated carbocycles. The maximum atomic E-state index is 12.2. The van der Waals surface area contributed by atoms with Gasteiger partial charge in [0.1, 0.15) is 0 Å². The molecule has 0 spiro atoms. The van der Waals surface area contributed by atoms with Crippen LogP contribution in [0, 0.1) is 0 Å². The molecule has 0 unspecified atom stereocenters. The van der Waals surface area contributed by atoms with Crippen molar-refractivity contribution >= 4 is 35.2 Å². The van der Waals surface area contributed by atoms with Gasteiger partial charge >= 0.3 is 12.0 Å². The summed E-state index contributed by atoms with van der Waals surface area (Å²) in [4.78, 5) is 23.9.